The number of hydrogen-bond acceptors (Lipinski definition) is 5. The second-order valence-corrected chi connectivity index (χ2v) is 8.08. The van der Waals surface area contributed by atoms with Gasteiger partial charge >= 0.3 is 0 Å². The number of para-hydroxylation sites is 1. The predicted octanol–water partition coefficient (Wildman–Crippen LogP) is 4.79. The lowest BCUT2D eigenvalue weighted by Gasteiger charge is -2.24. The van der Waals surface area contributed by atoms with Crippen molar-refractivity contribution in [3.8, 4) is 11.5 Å². The zero-order chi connectivity index (χ0) is 17.3. The van der Waals surface area contributed by atoms with E-state index >= 15 is 0 Å². The first-order valence-electron chi connectivity index (χ1n) is 9.35. The summed E-state index contributed by atoms with van der Waals surface area (Å²) in [5.74, 6) is 1.77. The van der Waals surface area contributed by atoms with Crippen LogP contribution in [0.15, 0.2) is 42.5 Å². The lowest BCUT2D eigenvalue weighted by atomic mass is 10.0. The second-order valence-electron chi connectivity index (χ2n) is 6.96. The Bertz CT molecular complexity index is 890. The van der Waals surface area contributed by atoms with Gasteiger partial charge in [-0.25, -0.2) is 4.98 Å². The van der Waals surface area contributed by atoms with E-state index in [9.17, 15) is 0 Å². The first-order chi connectivity index (χ1) is 12.9. The fraction of sp³-hybridized carbons (Fsp3) is 0.381. The average molecular weight is 366 g/mol. The summed E-state index contributed by atoms with van der Waals surface area (Å²) >= 11 is 1.81. The number of benzene rings is 2. The molecule has 0 saturated carbocycles. The Hall–Kier alpha value is -2.11. The number of hydrogen-bond donors (Lipinski definition) is 0. The van der Waals surface area contributed by atoms with Gasteiger partial charge in [-0.3, -0.25) is 4.90 Å². The number of aromatic nitrogens is 1. The molecule has 2 aromatic carbocycles. The summed E-state index contributed by atoms with van der Waals surface area (Å²) in [6.07, 6.45) is 3.35. The van der Waals surface area contributed by atoms with Gasteiger partial charge in [0.05, 0.1) is 30.0 Å². The van der Waals surface area contributed by atoms with E-state index in [1.165, 1.54) is 28.1 Å². The normalized spacial score (nSPS) is 20.4. The molecule has 134 valence electrons. The Labute approximate surface area is 157 Å². The third-order valence-electron chi connectivity index (χ3n) is 5.20. The summed E-state index contributed by atoms with van der Waals surface area (Å²) in [5.41, 5.74) is 2.44. The molecule has 0 N–H and O–H groups in total. The molecule has 1 fully saturated rings. The largest absolute Gasteiger partial charge is 0.490 e. The van der Waals surface area contributed by atoms with Gasteiger partial charge in [0.25, 0.3) is 0 Å². The Morgan fingerprint density at radius 3 is 2.85 bits per heavy atom. The van der Waals surface area contributed by atoms with Crippen molar-refractivity contribution in [2.45, 2.75) is 31.8 Å². The molecule has 3 heterocycles. The van der Waals surface area contributed by atoms with Crippen molar-refractivity contribution in [3.05, 3.63) is 53.0 Å². The van der Waals surface area contributed by atoms with Crippen molar-refractivity contribution in [2.75, 3.05) is 19.8 Å². The number of fused-ring (bicyclic) bond motifs is 2. The van der Waals surface area contributed by atoms with E-state index in [1.54, 1.807) is 0 Å². The summed E-state index contributed by atoms with van der Waals surface area (Å²) in [7, 11) is 0. The summed E-state index contributed by atoms with van der Waals surface area (Å²) in [5, 5.41) is 1.20. The van der Waals surface area contributed by atoms with E-state index in [0.29, 0.717) is 6.04 Å². The summed E-state index contributed by atoms with van der Waals surface area (Å²) in [6, 6.07) is 15.3. The second kappa shape index (κ2) is 6.89. The summed E-state index contributed by atoms with van der Waals surface area (Å²) in [4.78, 5) is 7.37. The van der Waals surface area contributed by atoms with Crippen LogP contribution in [0.3, 0.4) is 0 Å². The van der Waals surface area contributed by atoms with Crippen molar-refractivity contribution < 1.29 is 9.47 Å². The van der Waals surface area contributed by atoms with E-state index in [2.05, 4.69) is 47.4 Å². The Kier molecular flexibility index (Phi) is 4.27. The molecule has 2 aliphatic rings. The van der Waals surface area contributed by atoms with Crippen LogP contribution in [0.25, 0.3) is 10.2 Å². The van der Waals surface area contributed by atoms with Gasteiger partial charge in [0.1, 0.15) is 5.01 Å². The zero-order valence-corrected chi connectivity index (χ0v) is 15.5. The number of ether oxygens (including phenoxy) is 2. The van der Waals surface area contributed by atoms with Crippen molar-refractivity contribution in [3.63, 3.8) is 0 Å². The molecule has 1 saturated heterocycles. The molecule has 0 bridgehead atoms. The molecule has 4 nitrogen and oxygen atoms in total. The smallest absolute Gasteiger partial charge is 0.161 e. The van der Waals surface area contributed by atoms with Crippen molar-refractivity contribution in [1.29, 1.82) is 0 Å². The number of nitrogens with zero attached hydrogens (tertiary/aromatic N) is 2. The Balaban J connectivity index is 1.39. The minimum Gasteiger partial charge on any atom is -0.490 e. The van der Waals surface area contributed by atoms with Crippen LogP contribution in [0.1, 0.15) is 35.9 Å². The average Bonchev–Trinajstić information content (AvgIpc) is 3.21. The molecule has 0 spiro atoms. The molecule has 26 heavy (non-hydrogen) atoms. The van der Waals surface area contributed by atoms with E-state index in [1.807, 2.05) is 11.3 Å². The first-order valence-corrected chi connectivity index (χ1v) is 10.2. The Morgan fingerprint density at radius 1 is 1.04 bits per heavy atom. The fourth-order valence-electron chi connectivity index (χ4n) is 3.94. The van der Waals surface area contributed by atoms with Gasteiger partial charge in [0.15, 0.2) is 11.5 Å². The third-order valence-corrected chi connectivity index (χ3v) is 6.22. The van der Waals surface area contributed by atoms with E-state index in [-0.39, 0.29) is 0 Å². The minimum atomic E-state index is 0.430. The van der Waals surface area contributed by atoms with Crippen LogP contribution < -0.4 is 9.47 Å². The maximum Gasteiger partial charge on any atom is 0.161 e. The van der Waals surface area contributed by atoms with Gasteiger partial charge in [0.2, 0.25) is 0 Å². The number of likely N-dealkylation sites (tertiary alicyclic amines) is 1. The van der Waals surface area contributed by atoms with Crippen LogP contribution in [0.2, 0.25) is 0 Å². The lowest BCUT2D eigenvalue weighted by molar-refractivity contribution is 0.247. The van der Waals surface area contributed by atoms with Crippen molar-refractivity contribution >= 4 is 21.6 Å². The van der Waals surface area contributed by atoms with Gasteiger partial charge in [0, 0.05) is 12.5 Å². The van der Waals surface area contributed by atoms with Gasteiger partial charge in [-0.15, -0.1) is 11.3 Å². The number of rotatable bonds is 3. The molecule has 2 aliphatic heterocycles. The standard InChI is InChI=1S/C21H22N2O2S/c1-2-7-20-16(5-1)22-21(26-20)14-23-10-3-6-17(23)15-8-9-18-19(13-15)25-12-4-11-24-18/h1-2,5,7-9,13,17H,3-4,6,10-12,14H2/t17-/m1/s1. The third kappa shape index (κ3) is 3.06. The van der Waals surface area contributed by atoms with Gasteiger partial charge < -0.3 is 9.47 Å². The van der Waals surface area contributed by atoms with E-state index in [0.717, 1.165) is 49.7 Å². The molecule has 1 aromatic heterocycles. The molecule has 0 amide bonds. The monoisotopic (exact) mass is 366 g/mol. The molecule has 0 unspecified atom stereocenters. The Morgan fingerprint density at radius 2 is 1.92 bits per heavy atom. The van der Waals surface area contributed by atoms with Crippen LogP contribution in [0, 0.1) is 0 Å². The molecule has 0 aliphatic carbocycles. The maximum atomic E-state index is 5.89. The van der Waals surface area contributed by atoms with E-state index in [4.69, 9.17) is 14.5 Å². The molecule has 5 heteroatoms. The number of thiazole rings is 1. The van der Waals surface area contributed by atoms with E-state index < -0.39 is 0 Å². The highest BCUT2D eigenvalue weighted by Gasteiger charge is 2.28. The first kappa shape index (κ1) is 16.1. The molecule has 1 atom stereocenters. The van der Waals surface area contributed by atoms with Gasteiger partial charge in [-0.05, 0) is 49.2 Å². The molecular weight excluding hydrogens is 344 g/mol. The topological polar surface area (TPSA) is 34.6 Å². The van der Waals surface area contributed by atoms with Crippen molar-refractivity contribution in [2.24, 2.45) is 0 Å². The highest BCUT2D eigenvalue weighted by Crippen LogP contribution is 2.39. The molecule has 3 aromatic rings. The van der Waals surface area contributed by atoms with Crippen LogP contribution in [-0.4, -0.2) is 29.6 Å². The lowest BCUT2D eigenvalue weighted by Crippen LogP contribution is -2.22. The van der Waals surface area contributed by atoms with Crippen LogP contribution >= 0.6 is 11.3 Å². The molecule has 0 radical (unpaired) electrons. The highest BCUT2D eigenvalue weighted by molar-refractivity contribution is 7.18. The van der Waals surface area contributed by atoms with Crippen LogP contribution in [-0.2, 0) is 6.54 Å². The fourth-order valence-corrected chi connectivity index (χ4v) is 4.93. The minimum absolute atomic E-state index is 0.430. The quantitative estimate of drug-likeness (QED) is 0.667. The SMILES string of the molecule is c1ccc2sc(CN3CCC[C@@H]3c3ccc4c(c3)OCCCO4)nc2c1. The zero-order valence-electron chi connectivity index (χ0n) is 14.7. The maximum absolute atomic E-state index is 5.89. The highest BCUT2D eigenvalue weighted by atomic mass is 32.1. The summed E-state index contributed by atoms with van der Waals surface area (Å²) in [6.45, 7) is 3.50. The molecule has 5 rings (SSSR count). The van der Waals surface area contributed by atoms with Crippen LogP contribution in [0.5, 0.6) is 11.5 Å². The van der Waals surface area contributed by atoms with Crippen LogP contribution in [0.4, 0.5) is 0 Å². The van der Waals surface area contributed by atoms with Gasteiger partial charge in [-0.2, -0.15) is 0 Å². The van der Waals surface area contributed by atoms with Crippen molar-refractivity contribution in [1.82, 2.24) is 9.88 Å². The summed E-state index contributed by atoms with van der Waals surface area (Å²) < 4.78 is 12.9. The predicted molar refractivity (Wildman–Crippen MR) is 104 cm³/mol. The molecular formula is C21H22N2O2S. The van der Waals surface area contributed by atoms with Gasteiger partial charge in [-0.1, -0.05) is 18.2 Å².